The summed E-state index contributed by atoms with van der Waals surface area (Å²) in [4.78, 5) is 12.2. The number of methoxy groups -OCH3 is 1. The van der Waals surface area contributed by atoms with E-state index in [1.54, 1.807) is 12.1 Å². The zero-order chi connectivity index (χ0) is 19.5. The molecular weight excluding hydrogens is 373 g/mol. The van der Waals surface area contributed by atoms with Crippen molar-refractivity contribution in [3.05, 3.63) is 53.8 Å². The summed E-state index contributed by atoms with van der Waals surface area (Å²) in [5.41, 5.74) is -0.458. The number of rotatable bonds is 6. The van der Waals surface area contributed by atoms with Crippen molar-refractivity contribution in [1.82, 2.24) is 0 Å². The molecule has 2 aromatic carbocycles. The molecule has 10 heteroatoms. The Morgan fingerprint density at radius 3 is 2.46 bits per heavy atom. The molecule has 0 aromatic heterocycles. The van der Waals surface area contributed by atoms with E-state index in [4.69, 9.17) is 4.74 Å². The molecular formula is C16H15F3N2O4S. The van der Waals surface area contributed by atoms with E-state index in [1.807, 2.05) is 0 Å². The lowest BCUT2D eigenvalue weighted by Crippen LogP contribution is -2.38. The maximum atomic E-state index is 13.9. The number of anilines is 2. The Morgan fingerprint density at radius 2 is 1.85 bits per heavy atom. The van der Waals surface area contributed by atoms with Gasteiger partial charge in [0.15, 0.2) is 17.5 Å². The van der Waals surface area contributed by atoms with Crippen LogP contribution < -0.4 is 14.4 Å². The Kier molecular flexibility index (Phi) is 5.76. The summed E-state index contributed by atoms with van der Waals surface area (Å²) >= 11 is 0. The first kappa shape index (κ1) is 19.6. The largest absolute Gasteiger partial charge is 0.497 e. The smallest absolute Gasteiger partial charge is 0.245 e. The molecule has 0 aliphatic rings. The summed E-state index contributed by atoms with van der Waals surface area (Å²) in [6.45, 7) is -0.835. The van der Waals surface area contributed by atoms with Gasteiger partial charge in [0.05, 0.1) is 19.1 Å². The molecule has 0 fully saturated rings. The molecule has 0 atom stereocenters. The van der Waals surface area contributed by atoms with Crippen LogP contribution in [0.2, 0.25) is 0 Å². The highest BCUT2D eigenvalue weighted by Crippen LogP contribution is 2.25. The lowest BCUT2D eigenvalue weighted by atomic mass is 10.2. The van der Waals surface area contributed by atoms with Crippen molar-refractivity contribution >= 4 is 27.3 Å². The van der Waals surface area contributed by atoms with Crippen molar-refractivity contribution in [3.8, 4) is 5.75 Å². The van der Waals surface area contributed by atoms with Gasteiger partial charge in [-0.05, 0) is 24.3 Å². The van der Waals surface area contributed by atoms with E-state index in [2.05, 4.69) is 5.32 Å². The van der Waals surface area contributed by atoms with Crippen molar-refractivity contribution in [2.75, 3.05) is 29.5 Å². The Morgan fingerprint density at radius 1 is 1.15 bits per heavy atom. The lowest BCUT2D eigenvalue weighted by Gasteiger charge is -2.22. The van der Waals surface area contributed by atoms with Crippen LogP contribution in [0.3, 0.4) is 0 Å². The molecule has 26 heavy (non-hydrogen) atoms. The maximum Gasteiger partial charge on any atom is 0.245 e. The summed E-state index contributed by atoms with van der Waals surface area (Å²) in [6, 6.07) is 7.57. The van der Waals surface area contributed by atoms with Gasteiger partial charge in [-0.2, -0.15) is 0 Å². The molecule has 1 amide bonds. The zero-order valence-electron chi connectivity index (χ0n) is 13.8. The molecule has 0 aliphatic carbocycles. The maximum absolute atomic E-state index is 13.9. The topological polar surface area (TPSA) is 75.7 Å². The highest BCUT2D eigenvalue weighted by atomic mass is 32.2. The molecule has 0 saturated heterocycles. The van der Waals surface area contributed by atoms with Gasteiger partial charge >= 0.3 is 0 Å². The minimum atomic E-state index is -4.15. The number of sulfonamides is 1. The van der Waals surface area contributed by atoms with Crippen molar-refractivity contribution in [2.24, 2.45) is 0 Å². The van der Waals surface area contributed by atoms with E-state index in [-0.39, 0.29) is 0 Å². The fourth-order valence-corrected chi connectivity index (χ4v) is 2.97. The van der Waals surface area contributed by atoms with Crippen molar-refractivity contribution in [1.29, 1.82) is 0 Å². The number of nitrogens with one attached hydrogen (secondary N) is 1. The van der Waals surface area contributed by atoms with Crippen LogP contribution in [0.4, 0.5) is 24.5 Å². The summed E-state index contributed by atoms with van der Waals surface area (Å²) in [7, 11) is -2.72. The number of carbonyl (C=O) groups is 1. The number of hydrogen-bond acceptors (Lipinski definition) is 4. The second kappa shape index (κ2) is 7.65. The van der Waals surface area contributed by atoms with Gasteiger partial charge in [-0.15, -0.1) is 0 Å². The number of nitrogens with zero attached hydrogens (tertiary/aromatic N) is 1. The van der Waals surface area contributed by atoms with E-state index >= 15 is 0 Å². The highest BCUT2D eigenvalue weighted by molar-refractivity contribution is 7.92. The fourth-order valence-electron chi connectivity index (χ4n) is 2.12. The van der Waals surface area contributed by atoms with E-state index < -0.39 is 45.6 Å². The van der Waals surface area contributed by atoms with E-state index in [0.29, 0.717) is 28.1 Å². The minimum Gasteiger partial charge on any atom is -0.497 e. The molecule has 0 aliphatic heterocycles. The monoisotopic (exact) mass is 388 g/mol. The van der Waals surface area contributed by atoms with Crippen molar-refractivity contribution < 1.29 is 31.1 Å². The van der Waals surface area contributed by atoms with Gasteiger partial charge in [0.25, 0.3) is 0 Å². The van der Waals surface area contributed by atoms with Crippen LogP contribution in [-0.4, -0.2) is 34.2 Å². The molecule has 2 aromatic rings. The van der Waals surface area contributed by atoms with Crippen LogP contribution in [0, 0.1) is 17.5 Å². The van der Waals surface area contributed by atoms with Crippen LogP contribution in [0.15, 0.2) is 36.4 Å². The van der Waals surface area contributed by atoms with Gasteiger partial charge in [0, 0.05) is 11.8 Å². The summed E-state index contributed by atoms with van der Waals surface area (Å²) in [5.74, 6) is -5.36. The third-order valence-corrected chi connectivity index (χ3v) is 4.45. The highest BCUT2D eigenvalue weighted by Gasteiger charge is 2.26. The van der Waals surface area contributed by atoms with Gasteiger partial charge in [0.1, 0.15) is 12.3 Å². The van der Waals surface area contributed by atoms with Crippen LogP contribution >= 0.6 is 0 Å². The predicted molar refractivity (Wildman–Crippen MR) is 90.1 cm³/mol. The number of amides is 1. The fraction of sp³-hybridized carbons (Fsp3) is 0.188. The van der Waals surface area contributed by atoms with E-state index in [0.717, 1.165) is 6.07 Å². The van der Waals surface area contributed by atoms with Crippen LogP contribution in [0.5, 0.6) is 5.75 Å². The average molecular weight is 388 g/mol. The van der Waals surface area contributed by atoms with Gasteiger partial charge in [-0.25, -0.2) is 21.6 Å². The lowest BCUT2D eigenvalue weighted by molar-refractivity contribution is -0.114. The Hall–Kier alpha value is -2.75. The number of benzene rings is 2. The van der Waals surface area contributed by atoms with Gasteiger partial charge in [0.2, 0.25) is 15.9 Å². The van der Waals surface area contributed by atoms with Crippen LogP contribution in [0.1, 0.15) is 0 Å². The molecule has 0 unspecified atom stereocenters. The van der Waals surface area contributed by atoms with Crippen LogP contribution in [0.25, 0.3) is 0 Å². The second-order valence-electron chi connectivity index (χ2n) is 5.24. The quantitative estimate of drug-likeness (QED) is 0.772. The first-order valence-electron chi connectivity index (χ1n) is 7.18. The summed E-state index contributed by atoms with van der Waals surface area (Å²) < 4.78 is 69.6. The first-order valence-corrected chi connectivity index (χ1v) is 9.03. The molecule has 140 valence electrons. The van der Waals surface area contributed by atoms with Crippen LogP contribution in [-0.2, 0) is 14.8 Å². The molecule has 0 bridgehead atoms. The molecule has 1 N–H and O–H groups in total. The Bertz CT molecular complexity index is 935. The zero-order valence-corrected chi connectivity index (χ0v) is 14.6. The third-order valence-electron chi connectivity index (χ3n) is 3.32. The standard InChI is InChI=1S/C16H15F3N2O4S/c1-25-11-5-3-4-10(8-11)20-14(22)9-21(26(2,23)24)13-7-6-12(17)15(18)16(13)19/h3-8H,9H2,1-2H3,(H,20,22). The second-order valence-corrected chi connectivity index (χ2v) is 7.15. The molecule has 6 nitrogen and oxygen atoms in total. The average Bonchev–Trinajstić information content (AvgIpc) is 2.57. The molecule has 0 spiro atoms. The van der Waals surface area contributed by atoms with E-state index in [9.17, 15) is 26.4 Å². The van der Waals surface area contributed by atoms with E-state index in [1.165, 1.54) is 19.2 Å². The molecule has 2 rings (SSSR count). The summed E-state index contributed by atoms with van der Waals surface area (Å²) in [6.07, 6.45) is 0.715. The van der Waals surface area contributed by atoms with Crippen molar-refractivity contribution in [2.45, 2.75) is 0 Å². The van der Waals surface area contributed by atoms with Crippen molar-refractivity contribution in [3.63, 3.8) is 0 Å². The minimum absolute atomic E-state index is 0.313. The number of ether oxygens (including phenoxy) is 1. The molecule has 0 saturated carbocycles. The number of hydrogen-bond donors (Lipinski definition) is 1. The number of carbonyl (C=O) groups excluding carboxylic acids is 1. The van der Waals surface area contributed by atoms with Gasteiger partial charge in [-0.3, -0.25) is 9.10 Å². The van der Waals surface area contributed by atoms with Gasteiger partial charge in [-0.1, -0.05) is 6.07 Å². The SMILES string of the molecule is COc1cccc(NC(=O)CN(c2ccc(F)c(F)c2F)S(C)(=O)=O)c1. The number of halogens is 3. The third kappa shape index (κ3) is 4.45. The first-order chi connectivity index (χ1) is 12.1. The summed E-state index contributed by atoms with van der Waals surface area (Å²) in [5, 5.41) is 2.42. The normalized spacial score (nSPS) is 11.1. The molecule has 0 heterocycles. The van der Waals surface area contributed by atoms with Gasteiger partial charge < -0.3 is 10.1 Å². The molecule has 0 radical (unpaired) electrons. The Labute approximate surface area is 148 Å². The predicted octanol–water partition coefficient (Wildman–Crippen LogP) is 2.52. The Balaban J connectivity index is 2.29.